The molecule has 0 amide bonds. The number of ether oxygens (including phenoxy) is 1. The van der Waals surface area contributed by atoms with Crippen molar-refractivity contribution in [3.05, 3.63) is 35.6 Å². The first kappa shape index (κ1) is 13.6. The Morgan fingerprint density at radius 3 is 2.33 bits per heavy atom. The zero-order valence-corrected chi connectivity index (χ0v) is 9.37. The predicted octanol–water partition coefficient (Wildman–Crippen LogP) is 2.81. The fraction of sp³-hybridized carbons (Fsp3) is 0.417. The first-order valence-electron chi connectivity index (χ1n) is 4.81. The van der Waals surface area contributed by atoms with Crippen LogP contribution in [0.5, 0.6) is 0 Å². The number of methoxy groups -OCH3 is 1. The monoisotopic (exact) mass is 212 g/mol. The zero-order valence-electron chi connectivity index (χ0n) is 9.37. The summed E-state index contributed by atoms with van der Waals surface area (Å²) in [7, 11) is 1.31. The maximum Gasteiger partial charge on any atom is 0.292 e. The Kier molecular flexibility index (Phi) is 7.24. The molecule has 0 aromatic heterocycles. The van der Waals surface area contributed by atoms with Crippen molar-refractivity contribution < 1.29 is 13.9 Å². The molecular formula is C12H17FO2. The molecule has 0 fully saturated rings. The van der Waals surface area contributed by atoms with E-state index in [0.29, 0.717) is 12.4 Å². The van der Waals surface area contributed by atoms with Gasteiger partial charge < -0.3 is 4.74 Å². The van der Waals surface area contributed by atoms with E-state index >= 15 is 0 Å². The normalized spacial score (nSPS) is 9.13. The lowest BCUT2D eigenvalue weighted by molar-refractivity contribution is -0.126. The highest BCUT2D eigenvalue weighted by Gasteiger charge is 2.01. The second-order valence-corrected chi connectivity index (χ2v) is 3.52. The maximum absolute atomic E-state index is 12.9. The van der Waals surface area contributed by atoms with Crippen LogP contribution in [-0.4, -0.2) is 13.6 Å². The molecule has 0 radical (unpaired) electrons. The van der Waals surface area contributed by atoms with Crippen LogP contribution in [0.3, 0.4) is 0 Å². The van der Waals surface area contributed by atoms with E-state index < -0.39 is 0 Å². The number of carbonyl (C=O) groups is 1. The van der Waals surface area contributed by atoms with E-state index in [1.54, 1.807) is 6.07 Å². The summed E-state index contributed by atoms with van der Waals surface area (Å²) in [4.78, 5) is 8.95. The van der Waals surface area contributed by atoms with E-state index in [0.717, 1.165) is 12.0 Å². The highest BCUT2D eigenvalue weighted by molar-refractivity contribution is 5.36. The summed E-state index contributed by atoms with van der Waals surface area (Å²) < 4.78 is 16.8. The molecule has 0 unspecified atom stereocenters. The van der Waals surface area contributed by atoms with E-state index in [9.17, 15) is 4.39 Å². The highest BCUT2D eigenvalue weighted by Crippen LogP contribution is 2.11. The third-order valence-corrected chi connectivity index (χ3v) is 1.68. The first-order chi connectivity index (χ1) is 7.11. The van der Waals surface area contributed by atoms with Gasteiger partial charge >= 0.3 is 0 Å². The van der Waals surface area contributed by atoms with Gasteiger partial charge in [-0.05, 0) is 24.0 Å². The SMILES string of the molecule is CC(C)Cc1ccccc1F.COC=O. The Morgan fingerprint density at radius 2 is 1.93 bits per heavy atom. The highest BCUT2D eigenvalue weighted by atomic mass is 19.1. The summed E-state index contributed by atoms with van der Waals surface area (Å²) in [6, 6.07) is 6.95. The van der Waals surface area contributed by atoms with E-state index in [2.05, 4.69) is 18.6 Å². The number of halogens is 1. The van der Waals surface area contributed by atoms with Gasteiger partial charge in [-0.1, -0.05) is 32.0 Å². The predicted molar refractivity (Wildman–Crippen MR) is 58.0 cm³/mol. The van der Waals surface area contributed by atoms with Crippen molar-refractivity contribution in [2.24, 2.45) is 5.92 Å². The number of hydrogen-bond donors (Lipinski definition) is 0. The van der Waals surface area contributed by atoms with Crippen molar-refractivity contribution in [3.63, 3.8) is 0 Å². The van der Waals surface area contributed by atoms with Gasteiger partial charge in [-0.25, -0.2) is 4.39 Å². The second kappa shape index (κ2) is 7.97. The van der Waals surface area contributed by atoms with Crippen LogP contribution in [0, 0.1) is 11.7 Å². The van der Waals surface area contributed by atoms with Gasteiger partial charge in [0, 0.05) is 0 Å². The molecule has 0 heterocycles. The second-order valence-electron chi connectivity index (χ2n) is 3.52. The minimum Gasteiger partial charge on any atom is -0.471 e. The fourth-order valence-corrected chi connectivity index (χ4v) is 1.10. The summed E-state index contributed by atoms with van der Waals surface area (Å²) >= 11 is 0. The average Bonchev–Trinajstić information content (AvgIpc) is 2.21. The van der Waals surface area contributed by atoms with Gasteiger partial charge in [0.25, 0.3) is 6.47 Å². The minimum atomic E-state index is -0.0822. The molecule has 0 saturated carbocycles. The molecule has 3 heteroatoms. The summed E-state index contributed by atoms with van der Waals surface area (Å²) in [6.45, 7) is 4.55. The standard InChI is InChI=1S/C10H13F.C2H4O2/c1-8(2)7-9-5-3-4-6-10(9)11;1-4-2-3/h3-6,8H,7H2,1-2H3;2H,1H3. The molecule has 0 bridgehead atoms. The van der Waals surface area contributed by atoms with E-state index in [1.165, 1.54) is 13.2 Å². The molecular weight excluding hydrogens is 195 g/mol. The molecule has 1 aromatic carbocycles. The lowest BCUT2D eigenvalue weighted by Gasteiger charge is -2.04. The summed E-state index contributed by atoms with van der Waals surface area (Å²) in [5.41, 5.74) is 0.822. The van der Waals surface area contributed by atoms with Crippen LogP contribution in [0.1, 0.15) is 19.4 Å². The Balaban J connectivity index is 0.000000423. The lowest BCUT2D eigenvalue weighted by Crippen LogP contribution is -1.96. The zero-order chi connectivity index (χ0) is 11.7. The molecule has 84 valence electrons. The molecule has 0 aliphatic carbocycles. The van der Waals surface area contributed by atoms with Gasteiger partial charge in [0.05, 0.1) is 7.11 Å². The van der Waals surface area contributed by atoms with Crippen LogP contribution >= 0.6 is 0 Å². The first-order valence-corrected chi connectivity index (χ1v) is 4.81. The van der Waals surface area contributed by atoms with Crippen LogP contribution in [0.15, 0.2) is 24.3 Å². The van der Waals surface area contributed by atoms with E-state index in [1.807, 2.05) is 12.1 Å². The molecule has 15 heavy (non-hydrogen) atoms. The topological polar surface area (TPSA) is 26.3 Å². The Morgan fingerprint density at radius 1 is 1.40 bits per heavy atom. The molecule has 1 aromatic rings. The lowest BCUT2D eigenvalue weighted by atomic mass is 10.0. The van der Waals surface area contributed by atoms with Gasteiger partial charge in [0.2, 0.25) is 0 Å². The van der Waals surface area contributed by atoms with Crippen molar-refractivity contribution in [1.82, 2.24) is 0 Å². The number of carbonyl (C=O) groups excluding carboxylic acids is 1. The van der Waals surface area contributed by atoms with Gasteiger partial charge in [-0.2, -0.15) is 0 Å². The summed E-state index contributed by atoms with van der Waals surface area (Å²) in [5.74, 6) is 0.438. The van der Waals surface area contributed by atoms with Gasteiger partial charge in [-0.15, -0.1) is 0 Å². The maximum atomic E-state index is 12.9. The number of hydrogen-bond acceptors (Lipinski definition) is 2. The smallest absolute Gasteiger partial charge is 0.292 e. The van der Waals surface area contributed by atoms with Crippen molar-refractivity contribution in [2.45, 2.75) is 20.3 Å². The number of benzene rings is 1. The van der Waals surface area contributed by atoms with Crippen molar-refractivity contribution in [3.8, 4) is 0 Å². The third kappa shape index (κ3) is 6.66. The molecule has 1 rings (SSSR count). The van der Waals surface area contributed by atoms with E-state index in [-0.39, 0.29) is 5.82 Å². The Labute approximate surface area is 90.1 Å². The molecule has 0 saturated heterocycles. The van der Waals surface area contributed by atoms with Crippen LogP contribution in [0.2, 0.25) is 0 Å². The van der Waals surface area contributed by atoms with Crippen molar-refractivity contribution >= 4 is 6.47 Å². The van der Waals surface area contributed by atoms with Gasteiger partial charge in [-0.3, -0.25) is 4.79 Å². The van der Waals surface area contributed by atoms with E-state index in [4.69, 9.17) is 4.79 Å². The van der Waals surface area contributed by atoms with Crippen LogP contribution in [0.4, 0.5) is 4.39 Å². The Hall–Kier alpha value is -1.38. The quantitative estimate of drug-likeness (QED) is 0.720. The third-order valence-electron chi connectivity index (χ3n) is 1.68. The van der Waals surface area contributed by atoms with Gasteiger partial charge in [0.15, 0.2) is 0 Å². The Bertz CT molecular complexity index is 285. The molecule has 0 spiro atoms. The molecule has 0 atom stereocenters. The fourth-order valence-electron chi connectivity index (χ4n) is 1.10. The molecule has 0 aliphatic heterocycles. The van der Waals surface area contributed by atoms with Crippen molar-refractivity contribution in [1.29, 1.82) is 0 Å². The minimum absolute atomic E-state index is 0.0822. The summed E-state index contributed by atoms with van der Waals surface area (Å²) in [5, 5.41) is 0. The molecule has 0 aliphatic rings. The summed E-state index contributed by atoms with van der Waals surface area (Å²) in [6.07, 6.45) is 0.826. The molecule has 2 nitrogen and oxygen atoms in total. The largest absolute Gasteiger partial charge is 0.471 e. The van der Waals surface area contributed by atoms with Crippen LogP contribution < -0.4 is 0 Å². The number of rotatable bonds is 3. The van der Waals surface area contributed by atoms with Crippen molar-refractivity contribution in [2.75, 3.05) is 7.11 Å². The van der Waals surface area contributed by atoms with Crippen LogP contribution in [-0.2, 0) is 16.0 Å². The van der Waals surface area contributed by atoms with Crippen LogP contribution in [0.25, 0.3) is 0 Å². The average molecular weight is 212 g/mol. The van der Waals surface area contributed by atoms with Gasteiger partial charge in [0.1, 0.15) is 5.82 Å². The molecule has 0 N–H and O–H groups in total.